The third kappa shape index (κ3) is 4.06. The Morgan fingerprint density at radius 2 is 2.14 bits per heavy atom. The number of nitrogens with one attached hydrogen (secondary N) is 2. The second-order valence-electron chi connectivity index (χ2n) is 4.76. The molecule has 6 nitrogen and oxygen atoms in total. The van der Waals surface area contributed by atoms with E-state index < -0.39 is 0 Å². The number of carbonyl (C=O) groups excluding carboxylic acids is 1. The average Bonchev–Trinajstić information content (AvgIpc) is 2.78. The number of hydrogen-bond acceptors (Lipinski definition) is 3. The molecule has 0 saturated carbocycles. The molecule has 0 aliphatic heterocycles. The largest absolute Gasteiger partial charge is 0.383 e. The van der Waals surface area contributed by atoms with Crippen LogP contribution in [-0.4, -0.2) is 36.1 Å². The standard InChI is InChI=1S/C15H20N4O2/c1-11-9-12(2)19(18-11)14-6-4-5-13(10-14)17-15(20)16-7-8-21-3/h4-6,9-10H,7-8H2,1-3H3,(H2,16,17,20). The van der Waals surface area contributed by atoms with Crippen molar-refractivity contribution in [2.75, 3.05) is 25.6 Å². The molecule has 0 atom stereocenters. The molecule has 1 heterocycles. The first-order valence-electron chi connectivity index (χ1n) is 6.77. The van der Waals surface area contributed by atoms with Crippen molar-refractivity contribution in [2.45, 2.75) is 13.8 Å². The summed E-state index contributed by atoms with van der Waals surface area (Å²) >= 11 is 0. The summed E-state index contributed by atoms with van der Waals surface area (Å²) in [5, 5.41) is 9.93. The predicted octanol–water partition coefficient (Wildman–Crippen LogP) is 2.26. The van der Waals surface area contributed by atoms with E-state index in [2.05, 4.69) is 15.7 Å². The monoisotopic (exact) mass is 288 g/mol. The van der Waals surface area contributed by atoms with E-state index in [1.807, 2.05) is 48.9 Å². The average molecular weight is 288 g/mol. The normalized spacial score (nSPS) is 10.4. The van der Waals surface area contributed by atoms with Gasteiger partial charge in [-0.05, 0) is 38.1 Å². The van der Waals surface area contributed by atoms with Gasteiger partial charge < -0.3 is 15.4 Å². The van der Waals surface area contributed by atoms with Crippen molar-refractivity contribution < 1.29 is 9.53 Å². The lowest BCUT2D eigenvalue weighted by molar-refractivity contribution is 0.198. The van der Waals surface area contributed by atoms with Gasteiger partial charge in [-0.3, -0.25) is 0 Å². The molecule has 0 fully saturated rings. The number of rotatable bonds is 5. The van der Waals surface area contributed by atoms with Gasteiger partial charge in [0.2, 0.25) is 0 Å². The number of urea groups is 1. The molecule has 0 spiro atoms. The number of amides is 2. The van der Waals surface area contributed by atoms with E-state index >= 15 is 0 Å². The molecule has 0 saturated heterocycles. The third-order valence-electron chi connectivity index (χ3n) is 2.95. The number of ether oxygens (including phenoxy) is 1. The van der Waals surface area contributed by atoms with Gasteiger partial charge in [0.25, 0.3) is 0 Å². The van der Waals surface area contributed by atoms with Crippen molar-refractivity contribution in [3.05, 3.63) is 41.7 Å². The molecule has 2 N–H and O–H groups in total. The Labute approximate surface area is 124 Å². The van der Waals surface area contributed by atoms with E-state index in [0.29, 0.717) is 13.2 Å². The molecule has 2 amide bonds. The summed E-state index contributed by atoms with van der Waals surface area (Å²) in [5.41, 5.74) is 3.64. The van der Waals surface area contributed by atoms with Crippen molar-refractivity contribution >= 4 is 11.7 Å². The number of aromatic nitrogens is 2. The van der Waals surface area contributed by atoms with Crippen LogP contribution in [0, 0.1) is 13.8 Å². The van der Waals surface area contributed by atoms with Gasteiger partial charge in [0.05, 0.1) is 18.0 Å². The lowest BCUT2D eigenvalue weighted by Gasteiger charge is -2.09. The minimum absolute atomic E-state index is 0.252. The van der Waals surface area contributed by atoms with Gasteiger partial charge in [-0.15, -0.1) is 0 Å². The number of hydrogen-bond donors (Lipinski definition) is 2. The maximum absolute atomic E-state index is 11.7. The Morgan fingerprint density at radius 3 is 2.81 bits per heavy atom. The summed E-state index contributed by atoms with van der Waals surface area (Å²) in [6.45, 7) is 4.91. The highest BCUT2D eigenvalue weighted by Gasteiger charge is 2.06. The smallest absolute Gasteiger partial charge is 0.319 e. The molecule has 112 valence electrons. The summed E-state index contributed by atoms with van der Waals surface area (Å²) < 4.78 is 6.73. The Morgan fingerprint density at radius 1 is 1.33 bits per heavy atom. The maximum atomic E-state index is 11.7. The van der Waals surface area contributed by atoms with E-state index in [9.17, 15) is 4.79 Å². The van der Waals surface area contributed by atoms with Gasteiger partial charge in [0.1, 0.15) is 0 Å². The number of aryl methyl sites for hydroxylation is 2. The molecule has 0 unspecified atom stereocenters. The van der Waals surface area contributed by atoms with Crippen LogP contribution in [0.1, 0.15) is 11.4 Å². The number of methoxy groups -OCH3 is 1. The lowest BCUT2D eigenvalue weighted by Crippen LogP contribution is -2.31. The van der Waals surface area contributed by atoms with Crippen molar-refractivity contribution in [1.29, 1.82) is 0 Å². The van der Waals surface area contributed by atoms with Gasteiger partial charge >= 0.3 is 6.03 Å². The quantitative estimate of drug-likeness (QED) is 0.829. The van der Waals surface area contributed by atoms with Crippen LogP contribution in [0.15, 0.2) is 30.3 Å². The number of nitrogens with zero attached hydrogens (tertiary/aromatic N) is 2. The van der Waals surface area contributed by atoms with Gasteiger partial charge in [-0.2, -0.15) is 5.10 Å². The Hall–Kier alpha value is -2.34. The van der Waals surface area contributed by atoms with Crippen LogP contribution < -0.4 is 10.6 Å². The maximum Gasteiger partial charge on any atom is 0.319 e. The van der Waals surface area contributed by atoms with Gasteiger partial charge in [0.15, 0.2) is 0 Å². The minimum atomic E-state index is -0.252. The van der Waals surface area contributed by atoms with E-state index in [-0.39, 0.29) is 6.03 Å². The van der Waals surface area contributed by atoms with Crippen LogP contribution in [0.2, 0.25) is 0 Å². The van der Waals surface area contributed by atoms with E-state index in [0.717, 1.165) is 22.8 Å². The van der Waals surface area contributed by atoms with E-state index in [1.165, 1.54) is 0 Å². The molecule has 1 aromatic heterocycles. The second-order valence-corrected chi connectivity index (χ2v) is 4.76. The molecular weight excluding hydrogens is 268 g/mol. The van der Waals surface area contributed by atoms with Crippen molar-refractivity contribution in [3.8, 4) is 5.69 Å². The molecule has 0 bridgehead atoms. The van der Waals surface area contributed by atoms with Gasteiger partial charge in [-0.1, -0.05) is 6.07 Å². The first-order valence-corrected chi connectivity index (χ1v) is 6.77. The highest BCUT2D eigenvalue weighted by atomic mass is 16.5. The van der Waals surface area contributed by atoms with Crippen LogP contribution in [0.3, 0.4) is 0 Å². The Bertz CT molecular complexity index is 622. The number of anilines is 1. The summed E-state index contributed by atoms with van der Waals surface area (Å²) in [5.74, 6) is 0. The molecule has 0 aliphatic rings. The van der Waals surface area contributed by atoms with Gasteiger partial charge in [-0.25, -0.2) is 9.48 Å². The molecule has 6 heteroatoms. The highest BCUT2D eigenvalue weighted by molar-refractivity contribution is 5.89. The molecule has 2 rings (SSSR count). The zero-order valence-electron chi connectivity index (χ0n) is 12.5. The zero-order valence-corrected chi connectivity index (χ0v) is 12.5. The lowest BCUT2D eigenvalue weighted by atomic mass is 10.2. The summed E-state index contributed by atoms with van der Waals surface area (Å²) in [4.78, 5) is 11.7. The van der Waals surface area contributed by atoms with Crippen LogP contribution in [0.4, 0.5) is 10.5 Å². The van der Waals surface area contributed by atoms with Crippen molar-refractivity contribution in [2.24, 2.45) is 0 Å². The predicted molar refractivity (Wildman–Crippen MR) is 81.9 cm³/mol. The molecule has 0 aliphatic carbocycles. The van der Waals surface area contributed by atoms with Crippen LogP contribution in [0.5, 0.6) is 0 Å². The van der Waals surface area contributed by atoms with E-state index in [4.69, 9.17) is 4.74 Å². The third-order valence-corrected chi connectivity index (χ3v) is 2.95. The Kier molecular flexibility index (Phi) is 4.94. The van der Waals surface area contributed by atoms with Crippen molar-refractivity contribution in [1.82, 2.24) is 15.1 Å². The minimum Gasteiger partial charge on any atom is -0.383 e. The fourth-order valence-corrected chi connectivity index (χ4v) is 2.05. The summed E-state index contributed by atoms with van der Waals surface area (Å²) in [7, 11) is 1.59. The topological polar surface area (TPSA) is 68.2 Å². The van der Waals surface area contributed by atoms with Crippen molar-refractivity contribution in [3.63, 3.8) is 0 Å². The highest BCUT2D eigenvalue weighted by Crippen LogP contribution is 2.16. The number of benzene rings is 1. The van der Waals surface area contributed by atoms with Gasteiger partial charge in [0, 0.05) is 25.0 Å². The van der Waals surface area contributed by atoms with E-state index in [1.54, 1.807) is 7.11 Å². The Balaban J connectivity index is 2.08. The molecule has 2 aromatic rings. The first kappa shape index (κ1) is 15.1. The molecule has 0 radical (unpaired) electrons. The van der Waals surface area contributed by atoms with Crippen LogP contribution in [0.25, 0.3) is 5.69 Å². The van der Waals surface area contributed by atoms with Crippen LogP contribution >= 0.6 is 0 Å². The molecular formula is C15H20N4O2. The first-order chi connectivity index (χ1) is 10.1. The molecule has 1 aromatic carbocycles. The molecule has 21 heavy (non-hydrogen) atoms. The fraction of sp³-hybridized carbons (Fsp3) is 0.333. The summed E-state index contributed by atoms with van der Waals surface area (Å²) in [6.07, 6.45) is 0. The summed E-state index contributed by atoms with van der Waals surface area (Å²) in [6, 6.07) is 9.32. The number of carbonyl (C=O) groups is 1. The SMILES string of the molecule is COCCNC(=O)Nc1cccc(-n2nc(C)cc2C)c1. The second kappa shape index (κ2) is 6.90. The fourth-order valence-electron chi connectivity index (χ4n) is 2.05. The van der Waals surface area contributed by atoms with Crippen LogP contribution in [-0.2, 0) is 4.74 Å². The zero-order chi connectivity index (χ0) is 15.2.